The molecule has 0 aliphatic carbocycles. The summed E-state index contributed by atoms with van der Waals surface area (Å²) < 4.78 is 5.09. The van der Waals surface area contributed by atoms with E-state index in [4.69, 9.17) is 15.6 Å². The Morgan fingerprint density at radius 1 is 1.32 bits per heavy atom. The van der Waals surface area contributed by atoms with Gasteiger partial charge in [-0.2, -0.15) is 0 Å². The van der Waals surface area contributed by atoms with Gasteiger partial charge in [-0.3, -0.25) is 4.79 Å². The van der Waals surface area contributed by atoms with Crippen LogP contribution < -0.4 is 11.1 Å². The average Bonchev–Trinajstić information content (AvgIpc) is 2.43. The highest BCUT2D eigenvalue weighted by molar-refractivity contribution is 5.81. The van der Waals surface area contributed by atoms with Gasteiger partial charge in [-0.1, -0.05) is 30.3 Å². The Morgan fingerprint density at radius 2 is 2.05 bits per heavy atom. The van der Waals surface area contributed by atoms with Crippen LogP contribution in [0.3, 0.4) is 0 Å². The molecule has 0 heterocycles. The highest BCUT2D eigenvalue weighted by Gasteiger charge is 2.12. The van der Waals surface area contributed by atoms with E-state index >= 15 is 0 Å². The summed E-state index contributed by atoms with van der Waals surface area (Å²) in [6.45, 7) is 1.41. The molecule has 0 aliphatic heterocycles. The van der Waals surface area contributed by atoms with Crippen LogP contribution >= 0.6 is 0 Å². The summed E-state index contributed by atoms with van der Waals surface area (Å²) in [5.41, 5.74) is 6.89. The van der Waals surface area contributed by atoms with Gasteiger partial charge in [-0.25, -0.2) is 0 Å². The smallest absolute Gasteiger partial charge is 0.237 e. The number of rotatable bonds is 9. The summed E-state index contributed by atoms with van der Waals surface area (Å²) in [5, 5.41) is 11.3. The van der Waals surface area contributed by atoms with Crippen molar-refractivity contribution in [3.63, 3.8) is 0 Å². The Labute approximate surface area is 113 Å². The lowest BCUT2D eigenvalue weighted by atomic mass is 10.1. The molecule has 1 aromatic carbocycles. The summed E-state index contributed by atoms with van der Waals surface area (Å²) in [5.74, 6) is -0.147. The van der Waals surface area contributed by atoms with Crippen molar-refractivity contribution in [2.45, 2.75) is 18.9 Å². The molecule has 0 aliphatic rings. The minimum absolute atomic E-state index is 0.0221. The highest BCUT2D eigenvalue weighted by Crippen LogP contribution is 2.01. The lowest BCUT2D eigenvalue weighted by Gasteiger charge is -2.12. The summed E-state index contributed by atoms with van der Waals surface area (Å²) in [4.78, 5) is 11.7. The number of ether oxygens (including phenoxy) is 1. The Balaban J connectivity index is 2.15. The molecule has 0 spiro atoms. The van der Waals surface area contributed by atoms with Gasteiger partial charge in [0.15, 0.2) is 0 Å². The molecular formula is C14H22N2O3. The maximum Gasteiger partial charge on any atom is 0.237 e. The number of carbonyl (C=O) groups is 1. The minimum Gasteiger partial charge on any atom is -0.394 e. The summed E-state index contributed by atoms with van der Waals surface area (Å²) >= 11 is 0. The van der Waals surface area contributed by atoms with Gasteiger partial charge in [0.2, 0.25) is 5.91 Å². The van der Waals surface area contributed by atoms with Gasteiger partial charge in [-0.05, 0) is 18.4 Å². The predicted octanol–water partition coefficient (Wildman–Crippen LogP) is 0.0716. The minimum atomic E-state index is -0.527. The molecule has 5 heteroatoms. The predicted molar refractivity (Wildman–Crippen MR) is 73.7 cm³/mol. The maximum absolute atomic E-state index is 11.7. The van der Waals surface area contributed by atoms with E-state index in [-0.39, 0.29) is 12.5 Å². The highest BCUT2D eigenvalue weighted by atomic mass is 16.5. The third kappa shape index (κ3) is 6.91. The van der Waals surface area contributed by atoms with E-state index in [0.29, 0.717) is 32.6 Å². The fraction of sp³-hybridized carbons (Fsp3) is 0.500. The molecule has 0 saturated heterocycles. The molecule has 0 saturated carbocycles. The van der Waals surface area contributed by atoms with E-state index in [9.17, 15) is 4.79 Å². The number of amides is 1. The third-order valence-corrected chi connectivity index (χ3v) is 2.64. The first-order chi connectivity index (χ1) is 9.24. The Kier molecular flexibility index (Phi) is 7.81. The molecular weight excluding hydrogens is 244 g/mol. The third-order valence-electron chi connectivity index (χ3n) is 2.64. The Morgan fingerprint density at radius 3 is 2.74 bits per heavy atom. The maximum atomic E-state index is 11.7. The molecule has 19 heavy (non-hydrogen) atoms. The number of hydrogen-bond acceptors (Lipinski definition) is 4. The quantitative estimate of drug-likeness (QED) is 0.552. The molecule has 4 N–H and O–H groups in total. The molecule has 0 unspecified atom stereocenters. The van der Waals surface area contributed by atoms with Gasteiger partial charge in [0.05, 0.1) is 19.3 Å². The van der Waals surface area contributed by atoms with Gasteiger partial charge >= 0.3 is 0 Å². The van der Waals surface area contributed by atoms with E-state index in [1.165, 1.54) is 0 Å². The van der Waals surface area contributed by atoms with E-state index in [0.717, 1.165) is 5.56 Å². The Hall–Kier alpha value is -1.43. The first kappa shape index (κ1) is 15.6. The van der Waals surface area contributed by atoms with Crippen molar-refractivity contribution in [3.8, 4) is 0 Å². The van der Waals surface area contributed by atoms with Crippen LogP contribution in [-0.2, 0) is 16.0 Å². The second-order valence-corrected chi connectivity index (χ2v) is 4.28. The van der Waals surface area contributed by atoms with Crippen molar-refractivity contribution >= 4 is 5.91 Å². The lowest BCUT2D eigenvalue weighted by molar-refractivity contribution is -0.122. The van der Waals surface area contributed by atoms with Gasteiger partial charge in [0.1, 0.15) is 0 Å². The normalized spacial score (nSPS) is 12.1. The first-order valence-electron chi connectivity index (χ1n) is 6.50. The number of benzene rings is 1. The number of aliphatic hydroxyl groups excluding tert-OH is 1. The molecule has 1 rings (SSSR count). The van der Waals surface area contributed by atoms with Crippen molar-refractivity contribution in [1.82, 2.24) is 5.32 Å². The standard InChI is InChI=1S/C14H22N2O3/c15-13(11-12-5-2-1-3-6-12)14(18)16-7-4-9-19-10-8-17/h1-3,5-6,13,17H,4,7-11,15H2,(H,16,18)/t13-/m0/s1. The lowest BCUT2D eigenvalue weighted by Crippen LogP contribution is -2.42. The van der Waals surface area contributed by atoms with Crippen molar-refractivity contribution in [2.24, 2.45) is 5.73 Å². The fourth-order valence-corrected chi connectivity index (χ4v) is 1.64. The molecule has 5 nitrogen and oxygen atoms in total. The second-order valence-electron chi connectivity index (χ2n) is 4.28. The molecule has 0 radical (unpaired) electrons. The molecule has 0 fully saturated rings. The van der Waals surface area contributed by atoms with Gasteiger partial charge in [0.25, 0.3) is 0 Å². The fourth-order valence-electron chi connectivity index (χ4n) is 1.64. The van der Waals surface area contributed by atoms with E-state index in [2.05, 4.69) is 5.32 Å². The molecule has 1 atom stereocenters. The van der Waals surface area contributed by atoms with Crippen molar-refractivity contribution < 1.29 is 14.6 Å². The number of hydrogen-bond donors (Lipinski definition) is 3. The van der Waals surface area contributed by atoms with E-state index in [1.807, 2.05) is 30.3 Å². The van der Waals surface area contributed by atoms with Gasteiger partial charge in [0, 0.05) is 13.2 Å². The van der Waals surface area contributed by atoms with Crippen LogP contribution in [0.4, 0.5) is 0 Å². The largest absolute Gasteiger partial charge is 0.394 e. The first-order valence-corrected chi connectivity index (χ1v) is 6.50. The summed E-state index contributed by atoms with van der Waals surface area (Å²) in [6.07, 6.45) is 1.25. The molecule has 106 valence electrons. The van der Waals surface area contributed by atoms with Crippen LogP contribution in [0.25, 0.3) is 0 Å². The van der Waals surface area contributed by atoms with Crippen LogP contribution in [0.2, 0.25) is 0 Å². The number of carbonyl (C=O) groups excluding carboxylic acids is 1. The van der Waals surface area contributed by atoms with Crippen LogP contribution in [0.1, 0.15) is 12.0 Å². The van der Waals surface area contributed by atoms with E-state index < -0.39 is 6.04 Å². The van der Waals surface area contributed by atoms with Crippen LogP contribution in [0, 0.1) is 0 Å². The van der Waals surface area contributed by atoms with Crippen LogP contribution in [0.15, 0.2) is 30.3 Å². The molecule has 0 bridgehead atoms. The Bertz CT molecular complexity index is 357. The molecule has 1 aromatic rings. The van der Waals surface area contributed by atoms with Crippen LogP contribution in [-0.4, -0.2) is 43.4 Å². The van der Waals surface area contributed by atoms with E-state index in [1.54, 1.807) is 0 Å². The van der Waals surface area contributed by atoms with Gasteiger partial charge in [-0.15, -0.1) is 0 Å². The monoisotopic (exact) mass is 266 g/mol. The van der Waals surface area contributed by atoms with Crippen molar-refractivity contribution in [3.05, 3.63) is 35.9 Å². The summed E-state index contributed by atoms with van der Waals surface area (Å²) in [6, 6.07) is 9.17. The summed E-state index contributed by atoms with van der Waals surface area (Å²) in [7, 11) is 0. The number of nitrogens with one attached hydrogen (secondary N) is 1. The number of aliphatic hydroxyl groups is 1. The number of nitrogens with two attached hydrogens (primary N) is 1. The zero-order valence-electron chi connectivity index (χ0n) is 11.0. The SMILES string of the molecule is N[C@@H](Cc1ccccc1)C(=O)NCCCOCCO. The topological polar surface area (TPSA) is 84.6 Å². The second kappa shape index (κ2) is 9.49. The van der Waals surface area contributed by atoms with Crippen molar-refractivity contribution in [1.29, 1.82) is 0 Å². The van der Waals surface area contributed by atoms with Crippen LogP contribution in [0.5, 0.6) is 0 Å². The van der Waals surface area contributed by atoms with Crippen molar-refractivity contribution in [2.75, 3.05) is 26.4 Å². The molecule has 1 amide bonds. The zero-order valence-corrected chi connectivity index (χ0v) is 11.0. The van der Waals surface area contributed by atoms with Gasteiger partial charge < -0.3 is 20.9 Å². The zero-order chi connectivity index (χ0) is 13.9. The molecule has 0 aromatic heterocycles. The average molecular weight is 266 g/mol.